The third-order valence-corrected chi connectivity index (χ3v) is 3.95. The van der Waals surface area contributed by atoms with Crippen LogP contribution in [0.5, 0.6) is 0 Å². The lowest BCUT2D eigenvalue weighted by atomic mass is 9.92. The van der Waals surface area contributed by atoms with Crippen LogP contribution in [-0.2, 0) is 34.0 Å². The average Bonchev–Trinajstić information content (AvgIpc) is 2.61. The lowest BCUT2D eigenvalue weighted by molar-refractivity contribution is -0.276. The molecule has 0 aromatic heterocycles. The number of allylic oxidation sites excluding steroid dienone is 1. The number of benzene rings is 2. The molecule has 116 valence electrons. The molecule has 0 aliphatic heterocycles. The Morgan fingerprint density at radius 1 is 1.09 bits per heavy atom. The van der Waals surface area contributed by atoms with Crippen LogP contribution in [0.4, 0.5) is 0 Å². The van der Waals surface area contributed by atoms with Gasteiger partial charge in [0.15, 0.2) is 0 Å². The van der Waals surface area contributed by atoms with Crippen molar-refractivity contribution in [3.05, 3.63) is 89.0 Å². The maximum atomic E-state index is 12.1. The molecule has 3 rings (SSSR count). The van der Waals surface area contributed by atoms with Gasteiger partial charge in [0, 0.05) is 12.0 Å². The zero-order valence-corrected chi connectivity index (χ0v) is 12.8. The molecule has 0 N–H and O–H groups in total. The summed E-state index contributed by atoms with van der Waals surface area (Å²) >= 11 is 0. The van der Waals surface area contributed by atoms with Gasteiger partial charge in [0.05, 0.1) is 0 Å². The molecule has 2 aromatic carbocycles. The minimum absolute atomic E-state index is 0.206. The van der Waals surface area contributed by atoms with Crippen molar-refractivity contribution in [1.29, 1.82) is 0 Å². The minimum atomic E-state index is -0.421. The van der Waals surface area contributed by atoms with Gasteiger partial charge in [-0.2, -0.15) is 4.89 Å². The number of carbonyl (C=O) groups excluding carboxylic acids is 1. The summed E-state index contributed by atoms with van der Waals surface area (Å²) < 4.78 is 0. The van der Waals surface area contributed by atoms with E-state index in [0.29, 0.717) is 12.0 Å². The van der Waals surface area contributed by atoms with Crippen LogP contribution in [0.2, 0.25) is 0 Å². The van der Waals surface area contributed by atoms with Crippen molar-refractivity contribution in [2.75, 3.05) is 0 Å². The van der Waals surface area contributed by atoms with Gasteiger partial charge in [0.1, 0.15) is 6.61 Å². The molecule has 0 fully saturated rings. The summed E-state index contributed by atoms with van der Waals surface area (Å²) in [5.74, 6) is -0.421. The highest BCUT2D eigenvalue weighted by molar-refractivity contribution is 5.89. The molecule has 3 heteroatoms. The van der Waals surface area contributed by atoms with Crippen molar-refractivity contribution in [3.8, 4) is 0 Å². The monoisotopic (exact) mass is 306 g/mol. The SMILES string of the molecule is C=Cc1ccccc1COOC(=O)C1=CCc2ccccc2C1. The first-order valence-corrected chi connectivity index (χ1v) is 7.58. The minimum Gasteiger partial charge on any atom is -0.293 e. The molecule has 2 aromatic rings. The summed E-state index contributed by atoms with van der Waals surface area (Å²) in [6.45, 7) is 3.96. The standard InChI is InChI=1S/C20H18O3/c1-2-15-7-3-6-10-19(15)14-22-23-20(21)18-12-11-16-8-4-5-9-17(16)13-18/h2-10,12H,1,11,13-14H2. The van der Waals surface area contributed by atoms with Crippen LogP contribution in [0.1, 0.15) is 22.3 Å². The Kier molecular flexibility index (Phi) is 4.69. The van der Waals surface area contributed by atoms with Gasteiger partial charge in [0.25, 0.3) is 0 Å². The number of hydrogen-bond donors (Lipinski definition) is 0. The molecule has 23 heavy (non-hydrogen) atoms. The lowest BCUT2D eigenvalue weighted by Gasteiger charge is -2.15. The smallest absolute Gasteiger partial charge is 0.293 e. The van der Waals surface area contributed by atoms with E-state index in [9.17, 15) is 4.79 Å². The van der Waals surface area contributed by atoms with E-state index in [0.717, 1.165) is 17.5 Å². The molecule has 0 amide bonds. The molecule has 0 saturated carbocycles. The second-order valence-corrected chi connectivity index (χ2v) is 5.41. The van der Waals surface area contributed by atoms with Crippen molar-refractivity contribution < 1.29 is 14.6 Å². The fraction of sp³-hybridized carbons (Fsp3) is 0.150. The molecule has 0 atom stereocenters. The zero-order valence-electron chi connectivity index (χ0n) is 12.8. The van der Waals surface area contributed by atoms with E-state index in [1.54, 1.807) is 6.08 Å². The molecule has 0 radical (unpaired) electrons. The van der Waals surface area contributed by atoms with E-state index in [2.05, 4.69) is 12.6 Å². The average molecular weight is 306 g/mol. The van der Waals surface area contributed by atoms with Gasteiger partial charge in [-0.25, -0.2) is 4.79 Å². The first-order chi connectivity index (χ1) is 11.3. The Bertz CT molecular complexity index is 759. The second-order valence-electron chi connectivity index (χ2n) is 5.41. The maximum Gasteiger partial charge on any atom is 0.369 e. The van der Waals surface area contributed by atoms with Gasteiger partial charge < -0.3 is 0 Å². The summed E-state index contributed by atoms with van der Waals surface area (Å²) in [6.07, 6.45) is 4.99. The first-order valence-electron chi connectivity index (χ1n) is 7.58. The number of fused-ring (bicyclic) bond motifs is 1. The van der Waals surface area contributed by atoms with E-state index in [1.807, 2.05) is 48.5 Å². The van der Waals surface area contributed by atoms with Gasteiger partial charge in [-0.1, -0.05) is 67.3 Å². The van der Waals surface area contributed by atoms with Gasteiger partial charge in [-0.05, 0) is 28.7 Å². The Hall–Kier alpha value is -2.65. The van der Waals surface area contributed by atoms with Crippen molar-refractivity contribution in [1.82, 2.24) is 0 Å². The van der Waals surface area contributed by atoms with E-state index < -0.39 is 5.97 Å². The van der Waals surface area contributed by atoms with Crippen LogP contribution in [0.3, 0.4) is 0 Å². The van der Waals surface area contributed by atoms with Crippen LogP contribution in [0.25, 0.3) is 6.08 Å². The normalized spacial score (nSPS) is 13.0. The predicted molar refractivity (Wildman–Crippen MR) is 89.3 cm³/mol. The lowest BCUT2D eigenvalue weighted by Crippen LogP contribution is -2.14. The summed E-state index contributed by atoms with van der Waals surface area (Å²) in [4.78, 5) is 22.2. The van der Waals surface area contributed by atoms with Gasteiger partial charge in [-0.15, -0.1) is 0 Å². The van der Waals surface area contributed by atoms with Crippen molar-refractivity contribution >= 4 is 12.0 Å². The second kappa shape index (κ2) is 7.07. The highest BCUT2D eigenvalue weighted by atomic mass is 17.2. The third kappa shape index (κ3) is 3.58. The molecular weight excluding hydrogens is 288 g/mol. The fourth-order valence-corrected chi connectivity index (χ4v) is 2.66. The molecule has 0 saturated heterocycles. The summed E-state index contributed by atoms with van der Waals surface area (Å²) in [5, 5.41) is 0. The Morgan fingerprint density at radius 3 is 2.65 bits per heavy atom. The van der Waals surface area contributed by atoms with E-state index in [4.69, 9.17) is 9.78 Å². The van der Waals surface area contributed by atoms with E-state index in [-0.39, 0.29) is 6.61 Å². The topological polar surface area (TPSA) is 35.5 Å². The number of hydrogen-bond acceptors (Lipinski definition) is 3. The van der Waals surface area contributed by atoms with Gasteiger partial charge in [0.2, 0.25) is 0 Å². The third-order valence-electron chi connectivity index (χ3n) is 3.95. The molecule has 0 spiro atoms. The molecule has 1 aliphatic rings. The van der Waals surface area contributed by atoms with Crippen LogP contribution < -0.4 is 0 Å². The largest absolute Gasteiger partial charge is 0.369 e. The van der Waals surface area contributed by atoms with Gasteiger partial charge in [-0.3, -0.25) is 4.89 Å². The molecule has 0 unspecified atom stereocenters. The summed E-state index contributed by atoms with van der Waals surface area (Å²) in [7, 11) is 0. The van der Waals surface area contributed by atoms with Crippen LogP contribution in [0, 0.1) is 0 Å². The zero-order chi connectivity index (χ0) is 16.1. The number of rotatable bonds is 5. The van der Waals surface area contributed by atoms with E-state index in [1.165, 1.54) is 11.1 Å². The first kappa shape index (κ1) is 15.3. The number of carbonyl (C=O) groups is 1. The van der Waals surface area contributed by atoms with Crippen LogP contribution in [-0.4, -0.2) is 5.97 Å². The van der Waals surface area contributed by atoms with Crippen molar-refractivity contribution in [2.24, 2.45) is 0 Å². The Balaban J connectivity index is 1.56. The molecule has 0 bridgehead atoms. The van der Waals surface area contributed by atoms with Gasteiger partial charge >= 0.3 is 5.97 Å². The highest BCUT2D eigenvalue weighted by Crippen LogP contribution is 2.21. The Morgan fingerprint density at radius 2 is 1.83 bits per heavy atom. The maximum absolute atomic E-state index is 12.1. The highest BCUT2D eigenvalue weighted by Gasteiger charge is 2.18. The summed E-state index contributed by atoms with van der Waals surface area (Å²) in [5.41, 5.74) is 4.96. The van der Waals surface area contributed by atoms with E-state index >= 15 is 0 Å². The molecular formula is C20H18O3. The molecule has 0 heterocycles. The predicted octanol–water partition coefficient (Wildman–Crippen LogP) is 4.03. The molecule has 1 aliphatic carbocycles. The van der Waals surface area contributed by atoms with Crippen LogP contribution >= 0.6 is 0 Å². The van der Waals surface area contributed by atoms with Crippen molar-refractivity contribution in [3.63, 3.8) is 0 Å². The molecule has 3 nitrogen and oxygen atoms in total. The summed E-state index contributed by atoms with van der Waals surface area (Å²) in [6, 6.07) is 15.8. The Labute approximate surface area is 135 Å². The van der Waals surface area contributed by atoms with Crippen LogP contribution in [0.15, 0.2) is 66.8 Å². The fourth-order valence-electron chi connectivity index (χ4n) is 2.66. The van der Waals surface area contributed by atoms with Crippen molar-refractivity contribution in [2.45, 2.75) is 19.4 Å². The quantitative estimate of drug-likeness (QED) is 0.618.